The van der Waals surface area contributed by atoms with Gasteiger partial charge in [0.05, 0.1) is 25.3 Å². The lowest BCUT2D eigenvalue weighted by atomic mass is 10.1. The van der Waals surface area contributed by atoms with Gasteiger partial charge in [0.1, 0.15) is 0 Å². The molecule has 2 N–H and O–H groups in total. The highest BCUT2D eigenvalue weighted by Gasteiger charge is 2.16. The zero-order chi connectivity index (χ0) is 20.8. The summed E-state index contributed by atoms with van der Waals surface area (Å²) in [7, 11) is 2.46. The maximum Gasteiger partial charge on any atom is 0.337 e. The first-order chi connectivity index (χ1) is 14.0. The molecule has 3 aromatic rings. The van der Waals surface area contributed by atoms with Gasteiger partial charge in [-0.25, -0.2) is 14.6 Å². The first-order valence-corrected chi connectivity index (χ1v) is 9.28. The molecule has 1 aromatic heterocycles. The predicted molar refractivity (Wildman–Crippen MR) is 109 cm³/mol. The van der Waals surface area contributed by atoms with Crippen LogP contribution in [-0.4, -0.2) is 37.0 Å². The number of amides is 1. The molecule has 0 bridgehead atoms. The van der Waals surface area contributed by atoms with E-state index < -0.39 is 17.8 Å². The van der Waals surface area contributed by atoms with Crippen LogP contribution in [0.4, 0.5) is 16.5 Å². The average molecular weight is 411 g/mol. The molecule has 0 atom stereocenters. The number of methoxy groups -OCH3 is 2. The molecule has 0 radical (unpaired) electrons. The molecule has 1 heterocycles. The Labute approximate surface area is 170 Å². The van der Waals surface area contributed by atoms with Crippen LogP contribution in [0.25, 0.3) is 0 Å². The van der Waals surface area contributed by atoms with Gasteiger partial charge in [-0.15, -0.1) is 11.3 Å². The third-order valence-electron chi connectivity index (χ3n) is 3.84. The molecule has 8 nitrogen and oxygen atoms in total. The number of hydrogen-bond acceptors (Lipinski definition) is 8. The number of carbonyl (C=O) groups excluding carboxylic acids is 3. The normalized spacial score (nSPS) is 10.1. The average Bonchev–Trinajstić information content (AvgIpc) is 3.25. The second kappa shape index (κ2) is 8.98. The van der Waals surface area contributed by atoms with E-state index in [9.17, 15) is 14.4 Å². The molecule has 1 amide bonds. The fourth-order valence-corrected chi connectivity index (χ4v) is 3.07. The highest BCUT2D eigenvalue weighted by Crippen LogP contribution is 2.21. The quantitative estimate of drug-likeness (QED) is 0.596. The number of benzene rings is 2. The molecule has 0 fully saturated rings. The van der Waals surface area contributed by atoms with Gasteiger partial charge in [-0.1, -0.05) is 6.07 Å². The third kappa shape index (κ3) is 4.96. The van der Waals surface area contributed by atoms with E-state index in [4.69, 9.17) is 9.47 Å². The minimum atomic E-state index is -0.638. The minimum Gasteiger partial charge on any atom is -0.465 e. The van der Waals surface area contributed by atoms with E-state index in [-0.39, 0.29) is 16.8 Å². The lowest BCUT2D eigenvalue weighted by molar-refractivity contribution is 0.0599. The molecule has 9 heteroatoms. The minimum absolute atomic E-state index is 0.116. The van der Waals surface area contributed by atoms with Crippen LogP contribution in [0, 0.1) is 0 Å². The Morgan fingerprint density at radius 2 is 1.55 bits per heavy atom. The third-order valence-corrected chi connectivity index (χ3v) is 4.53. The van der Waals surface area contributed by atoms with Crippen LogP contribution in [0.3, 0.4) is 0 Å². The summed E-state index contributed by atoms with van der Waals surface area (Å²) >= 11 is 1.44. The molecular weight excluding hydrogens is 394 g/mol. The smallest absolute Gasteiger partial charge is 0.337 e. The van der Waals surface area contributed by atoms with E-state index >= 15 is 0 Å². The van der Waals surface area contributed by atoms with E-state index in [1.54, 1.807) is 24.4 Å². The molecule has 0 aliphatic carbocycles. The number of aromatic nitrogens is 1. The molecule has 2 aromatic carbocycles. The summed E-state index contributed by atoms with van der Waals surface area (Å²) in [4.78, 5) is 40.6. The molecule has 0 saturated carbocycles. The summed E-state index contributed by atoms with van der Waals surface area (Å²) in [5, 5.41) is 8.34. The highest BCUT2D eigenvalue weighted by molar-refractivity contribution is 7.13. The lowest BCUT2D eigenvalue weighted by Crippen LogP contribution is -2.14. The van der Waals surface area contributed by atoms with Crippen LogP contribution >= 0.6 is 11.3 Å². The van der Waals surface area contributed by atoms with Crippen molar-refractivity contribution in [2.45, 2.75) is 0 Å². The van der Waals surface area contributed by atoms with Crippen molar-refractivity contribution < 1.29 is 23.9 Å². The van der Waals surface area contributed by atoms with Gasteiger partial charge in [0.25, 0.3) is 5.91 Å². The number of hydrogen-bond donors (Lipinski definition) is 2. The largest absolute Gasteiger partial charge is 0.465 e. The van der Waals surface area contributed by atoms with Crippen LogP contribution in [0.15, 0.2) is 54.0 Å². The van der Waals surface area contributed by atoms with Crippen LogP contribution in [0.2, 0.25) is 0 Å². The monoisotopic (exact) mass is 411 g/mol. The molecule has 0 aliphatic heterocycles. The summed E-state index contributed by atoms with van der Waals surface area (Å²) in [5.74, 6) is -1.69. The number of ether oxygens (including phenoxy) is 2. The molecule has 29 heavy (non-hydrogen) atoms. The lowest BCUT2D eigenvalue weighted by Gasteiger charge is -2.10. The van der Waals surface area contributed by atoms with Crippen molar-refractivity contribution in [3.05, 3.63) is 70.7 Å². The SMILES string of the molecule is COC(=O)c1cc(NC(=O)c2cccc(Nc3nccs3)c2)cc(C(=O)OC)c1. The van der Waals surface area contributed by atoms with Crippen LogP contribution in [0.1, 0.15) is 31.1 Å². The second-order valence-electron chi connectivity index (χ2n) is 5.78. The zero-order valence-electron chi connectivity index (χ0n) is 15.6. The molecule has 148 valence electrons. The Kier molecular flexibility index (Phi) is 6.20. The van der Waals surface area contributed by atoms with Crippen molar-refractivity contribution in [1.29, 1.82) is 0 Å². The number of rotatable bonds is 6. The number of esters is 2. The number of anilines is 3. The first kappa shape index (κ1) is 20.0. The summed E-state index contributed by atoms with van der Waals surface area (Å²) < 4.78 is 9.40. The van der Waals surface area contributed by atoms with Gasteiger partial charge in [0.15, 0.2) is 5.13 Å². The van der Waals surface area contributed by atoms with Crippen molar-refractivity contribution in [2.24, 2.45) is 0 Å². The topological polar surface area (TPSA) is 107 Å². The molecule has 0 unspecified atom stereocenters. The van der Waals surface area contributed by atoms with E-state index in [2.05, 4.69) is 15.6 Å². The maximum absolute atomic E-state index is 12.7. The van der Waals surface area contributed by atoms with Crippen molar-refractivity contribution in [3.63, 3.8) is 0 Å². The van der Waals surface area contributed by atoms with Crippen LogP contribution in [0.5, 0.6) is 0 Å². The number of thiazole rings is 1. The Hall–Kier alpha value is -3.72. The second-order valence-corrected chi connectivity index (χ2v) is 6.67. The highest BCUT2D eigenvalue weighted by atomic mass is 32.1. The van der Waals surface area contributed by atoms with Crippen LogP contribution < -0.4 is 10.6 Å². The van der Waals surface area contributed by atoms with Crippen molar-refractivity contribution >= 4 is 45.7 Å². The summed E-state index contributed by atoms with van der Waals surface area (Å²) in [6.07, 6.45) is 1.68. The van der Waals surface area contributed by atoms with Gasteiger partial charge in [-0.3, -0.25) is 4.79 Å². The van der Waals surface area contributed by atoms with Crippen LogP contribution in [-0.2, 0) is 9.47 Å². The standard InChI is InChI=1S/C20H17N3O5S/c1-27-18(25)13-8-14(19(26)28-2)11-16(10-13)22-17(24)12-4-3-5-15(9-12)23-20-21-6-7-29-20/h3-11H,1-2H3,(H,21,23)(H,22,24). The summed E-state index contributed by atoms with van der Waals surface area (Å²) in [6, 6.07) is 11.0. The predicted octanol–water partition coefficient (Wildman–Crippen LogP) is 3.71. The van der Waals surface area contributed by atoms with Crippen molar-refractivity contribution in [2.75, 3.05) is 24.9 Å². The van der Waals surface area contributed by atoms with Gasteiger partial charge >= 0.3 is 11.9 Å². The fraction of sp³-hybridized carbons (Fsp3) is 0.100. The summed E-state index contributed by atoms with van der Waals surface area (Å²) in [6.45, 7) is 0. The maximum atomic E-state index is 12.7. The van der Waals surface area contributed by atoms with E-state index in [1.807, 2.05) is 11.4 Å². The first-order valence-electron chi connectivity index (χ1n) is 8.40. The van der Waals surface area contributed by atoms with E-state index in [1.165, 1.54) is 43.8 Å². The van der Waals surface area contributed by atoms with Crippen molar-refractivity contribution in [1.82, 2.24) is 4.98 Å². The molecule has 0 aliphatic rings. The Balaban J connectivity index is 1.84. The fourth-order valence-electron chi connectivity index (χ4n) is 2.52. The number of nitrogens with zero attached hydrogens (tertiary/aromatic N) is 1. The van der Waals surface area contributed by atoms with Gasteiger partial charge in [-0.2, -0.15) is 0 Å². The molecule has 0 spiro atoms. The Morgan fingerprint density at radius 3 is 2.14 bits per heavy atom. The van der Waals surface area contributed by atoms with Crippen molar-refractivity contribution in [3.8, 4) is 0 Å². The molecule has 0 saturated heterocycles. The van der Waals surface area contributed by atoms with E-state index in [0.717, 1.165) is 0 Å². The summed E-state index contributed by atoms with van der Waals surface area (Å²) in [5.41, 5.74) is 1.58. The van der Waals surface area contributed by atoms with Gasteiger partial charge in [0, 0.05) is 28.5 Å². The number of carbonyl (C=O) groups is 3. The molecule has 3 rings (SSSR count). The Morgan fingerprint density at radius 1 is 0.897 bits per heavy atom. The van der Waals surface area contributed by atoms with Gasteiger partial charge < -0.3 is 20.1 Å². The Bertz CT molecular complexity index is 1020. The molecular formula is C20H17N3O5S. The van der Waals surface area contributed by atoms with Gasteiger partial charge in [0.2, 0.25) is 0 Å². The zero-order valence-corrected chi connectivity index (χ0v) is 16.4. The van der Waals surface area contributed by atoms with Gasteiger partial charge in [-0.05, 0) is 36.4 Å². The van der Waals surface area contributed by atoms with E-state index in [0.29, 0.717) is 16.4 Å². The number of nitrogens with one attached hydrogen (secondary N) is 2.